The van der Waals surface area contributed by atoms with Gasteiger partial charge in [0.15, 0.2) is 0 Å². The highest BCUT2D eigenvalue weighted by molar-refractivity contribution is 5.75. The van der Waals surface area contributed by atoms with Crippen molar-refractivity contribution in [2.24, 2.45) is 13.0 Å². The monoisotopic (exact) mass is 379 g/mol. The minimum atomic E-state index is -0.871. The van der Waals surface area contributed by atoms with Gasteiger partial charge in [-0.1, -0.05) is 13.3 Å². The van der Waals surface area contributed by atoms with Crippen LogP contribution in [0.15, 0.2) is 11.1 Å². The molecular formula is C17H27N6O4+. The van der Waals surface area contributed by atoms with Crippen LogP contribution in [0.5, 0.6) is 0 Å². The van der Waals surface area contributed by atoms with Gasteiger partial charge in [0.2, 0.25) is 24.4 Å². The van der Waals surface area contributed by atoms with Crippen LogP contribution in [-0.2, 0) is 16.6 Å². The lowest BCUT2D eigenvalue weighted by atomic mass is 9.99. The van der Waals surface area contributed by atoms with Gasteiger partial charge in [0.05, 0.1) is 13.2 Å². The number of aliphatic hydroxyl groups excluding tert-OH is 1. The van der Waals surface area contributed by atoms with Gasteiger partial charge in [-0.3, -0.25) is 14.6 Å². The number of unbranched alkanes of at least 4 members (excludes halogenated alkanes) is 1. The molecule has 2 aromatic heterocycles. The number of nitrogens with one attached hydrogen (secondary N) is 2. The molecule has 10 heteroatoms. The Hall–Kier alpha value is -2.46. The lowest BCUT2D eigenvalue weighted by Crippen LogP contribution is -2.37. The Bertz CT molecular complexity index is 891. The van der Waals surface area contributed by atoms with Gasteiger partial charge in [-0.05, 0) is 13.3 Å². The van der Waals surface area contributed by atoms with Crippen LogP contribution in [0.4, 0.5) is 5.95 Å². The van der Waals surface area contributed by atoms with Crippen molar-refractivity contribution >= 4 is 23.0 Å². The van der Waals surface area contributed by atoms with E-state index in [0.717, 1.165) is 12.8 Å². The van der Waals surface area contributed by atoms with Gasteiger partial charge in [-0.15, -0.1) is 0 Å². The first-order valence-corrected chi connectivity index (χ1v) is 9.19. The van der Waals surface area contributed by atoms with E-state index in [1.165, 1.54) is 0 Å². The van der Waals surface area contributed by atoms with Crippen molar-refractivity contribution in [2.75, 3.05) is 12.3 Å². The highest BCUT2D eigenvalue weighted by Gasteiger charge is 2.46. The van der Waals surface area contributed by atoms with Crippen LogP contribution < -0.4 is 21.2 Å². The molecule has 3 heterocycles. The minimum absolute atomic E-state index is 0.00674. The Morgan fingerprint density at radius 1 is 1.56 bits per heavy atom. The highest BCUT2D eigenvalue weighted by atomic mass is 16.5. The number of anilines is 1. The van der Waals surface area contributed by atoms with Crippen molar-refractivity contribution in [1.29, 1.82) is 0 Å². The van der Waals surface area contributed by atoms with Crippen molar-refractivity contribution in [1.82, 2.24) is 19.9 Å². The van der Waals surface area contributed by atoms with E-state index in [1.807, 2.05) is 13.8 Å². The number of aliphatic hydroxyl groups is 1. The van der Waals surface area contributed by atoms with Crippen LogP contribution in [0.1, 0.15) is 39.3 Å². The van der Waals surface area contributed by atoms with Crippen molar-refractivity contribution in [3.63, 3.8) is 0 Å². The standard InChI is InChI=1S/C17H26N6O4/c1-4-5-6-11(24)19-7-10-9(2)27-16(13(10)25)23-8-22(3)12-14(23)20-17(18)21-15(12)26/h8-10,13,16,25H,4-7H2,1-3H3,(H3-,18,19,20,21,24,26)/p+1/t9-,10-,13-,16-/m1/s1. The number of fused-ring (bicyclic) bond motifs is 1. The molecule has 0 aliphatic carbocycles. The summed E-state index contributed by atoms with van der Waals surface area (Å²) < 4.78 is 9.17. The molecule has 1 aliphatic rings. The molecule has 0 unspecified atom stereocenters. The third kappa shape index (κ3) is 3.67. The van der Waals surface area contributed by atoms with E-state index in [1.54, 1.807) is 22.5 Å². The Morgan fingerprint density at radius 3 is 3.00 bits per heavy atom. The fourth-order valence-corrected chi connectivity index (χ4v) is 3.52. The molecule has 1 amide bonds. The normalized spacial score (nSPS) is 25.2. The van der Waals surface area contributed by atoms with Crippen LogP contribution in [0.3, 0.4) is 0 Å². The lowest BCUT2D eigenvalue weighted by Gasteiger charge is -2.17. The molecule has 1 aliphatic heterocycles. The quantitative estimate of drug-likeness (QED) is 0.491. The molecule has 10 nitrogen and oxygen atoms in total. The largest absolute Gasteiger partial charge is 0.386 e. The molecule has 148 valence electrons. The van der Waals surface area contributed by atoms with Gasteiger partial charge in [0, 0.05) is 18.9 Å². The third-order valence-electron chi connectivity index (χ3n) is 5.04. The first-order chi connectivity index (χ1) is 12.8. The van der Waals surface area contributed by atoms with E-state index >= 15 is 0 Å². The summed E-state index contributed by atoms with van der Waals surface area (Å²) in [5, 5.41) is 13.7. The minimum Gasteiger partial charge on any atom is -0.386 e. The third-order valence-corrected chi connectivity index (χ3v) is 5.04. The molecule has 1 saturated heterocycles. The number of ether oxygens (including phenoxy) is 1. The van der Waals surface area contributed by atoms with Crippen LogP contribution in [0.2, 0.25) is 0 Å². The number of amides is 1. The number of nitrogen functional groups attached to an aromatic ring is 1. The van der Waals surface area contributed by atoms with Gasteiger partial charge in [-0.25, -0.2) is 4.57 Å². The molecule has 2 aromatic rings. The zero-order valence-corrected chi connectivity index (χ0v) is 15.8. The number of aromatic nitrogens is 4. The second-order valence-electron chi connectivity index (χ2n) is 7.05. The summed E-state index contributed by atoms with van der Waals surface area (Å²) in [6, 6.07) is 0. The topological polar surface area (TPSA) is 139 Å². The number of hydrogen-bond donors (Lipinski definition) is 4. The second-order valence-corrected chi connectivity index (χ2v) is 7.05. The zero-order chi connectivity index (χ0) is 19.7. The Morgan fingerprint density at radius 2 is 2.30 bits per heavy atom. The van der Waals surface area contributed by atoms with Crippen molar-refractivity contribution < 1.29 is 19.2 Å². The van der Waals surface area contributed by atoms with Gasteiger partial charge in [-0.2, -0.15) is 9.55 Å². The second kappa shape index (κ2) is 7.65. The average molecular weight is 379 g/mol. The van der Waals surface area contributed by atoms with Crippen molar-refractivity contribution in [2.45, 2.75) is 51.5 Å². The van der Waals surface area contributed by atoms with Crippen LogP contribution in [0.25, 0.3) is 11.2 Å². The van der Waals surface area contributed by atoms with Crippen LogP contribution in [0, 0.1) is 5.92 Å². The molecule has 27 heavy (non-hydrogen) atoms. The Labute approximate surface area is 156 Å². The number of nitrogens with two attached hydrogens (primary N) is 1. The predicted molar refractivity (Wildman–Crippen MR) is 97.6 cm³/mol. The molecule has 0 spiro atoms. The molecule has 0 bridgehead atoms. The number of carbonyl (C=O) groups excluding carboxylic acids is 1. The van der Waals surface area contributed by atoms with Gasteiger partial charge >= 0.3 is 5.56 Å². The number of hydrogen-bond acceptors (Lipinski definition) is 6. The molecule has 1 fully saturated rings. The van der Waals surface area contributed by atoms with Gasteiger partial charge in [0.1, 0.15) is 6.10 Å². The first-order valence-electron chi connectivity index (χ1n) is 9.19. The van der Waals surface area contributed by atoms with Crippen molar-refractivity contribution in [3.8, 4) is 0 Å². The van der Waals surface area contributed by atoms with Gasteiger partial charge in [0.25, 0.3) is 11.2 Å². The number of aromatic amines is 1. The molecule has 0 aromatic carbocycles. The molecule has 3 rings (SSSR count). The summed E-state index contributed by atoms with van der Waals surface area (Å²) in [4.78, 5) is 30.7. The maximum Gasteiger partial charge on any atom is 0.304 e. The van der Waals surface area contributed by atoms with E-state index in [2.05, 4.69) is 15.3 Å². The Kier molecular flexibility index (Phi) is 5.47. The van der Waals surface area contributed by atoms with E-state index < -0.39 is 12.3 Å². The predicted octanol–water partition coefficient (Wildman–Crippen LogP) is -0.668. The summed E-state index contributed by atoms with van der Waals surface area (Å²) >= 11 is 0. The van der Waals surface area contributed by atoms with E-state index in [-0.39, 0.29) is 29.4 Å². The molecule has 0 saturated carbocycles. The SMILES string of the molecule is CCCCC(=O)NC[C@H]1[C@@H](O)[C@H](n2c[n+](C)c3c(=O)[nH]c(N)nc32)O[C@@H]1C. The van der Waals surface area contributed by atoms with Gasteiger partial charge < -0.3 is 20.9 Å². The number of carbonyl (C=O) groups is 1. The molecule has 4 atom stereocenters. The summed E-state index contributed by atoms with van der Waals surface area (Å²) in [7, 11) is 1.71. The lowest BCUT2D eigenvalue weighted by molar-refractivity contribution is -0.646. The van der Waals surface area contributed by atoms with E-state index in [4.69, 9.17) is 10.5 Å². The zero-order valence-electron chi connectivity index (χ0n) is 15.8. The molecular weight excluding hydrogens is 352 g/mol. The summed E-state index contributed by atoms with van der Waals surface area (Å²) in [6.45, 7) is 4.21. The number of rotatable bonds is 6. The van der Waals surface area contributed by atoms with Crippen LogP contribution >= 0.6 is 0 Å². The van der Waals surface area contributed by atoms with E-state index in [9.17, 15) is 14.7 Å². The van der Waals surface area contributed by atoms with E-state index in [0.29, 0.717) is 24.1 Å². The van der Waals surface area contributed by atoms with Crippen molar-refractivity contribution in [3.05, 3.63) is 16.7 Å². The fourth-order valence-electron chi connectivity index (χ4n) is 3.52. The number of H-pyrrole nitrogens is 1. The summed E-state index contributed by atoms with van der Waals surface area (Å²) in [6.07, 6.45) is 2.03. The highest BCUT2D eigenvalue weighted by Crippen LogP contribution is 2.34. The summed E-state index contributed by atoms with van der Waals surface area (Å²) in [5.41, 5.74) is 5.98. The maximum absolute atomic E-state index is 12.2. The number of imidazole rings is 1. The number of nitrogens with zero attached hydrogens (tertiary/aromatic N) is 3. The molecule has 5 N–H and O–H groups in total. The summed E-state index contributed by atoms with van der Waals surface area (Å²) in [5.74, 6) is -0.311. The smallest absolute Gasteiger partial charge is 0.304 e. The average Bonchev–Trinajstić information content (AvgIpc) is 3.07. The van der Waals surface area contributed by atoms with Crippen LogP contribution in [-0.4, -0.2) is 44.3 Å². The fraction of sp³-hybridized carbons (Fsp3) is 0.647. The molecule has 0 radical (unpaired) electrons. The Balaban J connectivity index is 1.82. The first kappa shape index (κ1) is 19.3. The maximum atomic E-state index is 12.2. The number of aryl methyl sites for hydroxylation is 1.